The number of nitrogens with two attached hydrogens (primary N) is 1. The van der Waals surface area contributed by atoms with Gasteiger partial charge in [-0.2, -0.15) is 0 Å². The Balaban J connectivity index is 2.47. The molecule has 0 aromatic rings. The maximum absolute atomic E-state index is 11.7. The van der Waals surface area contributed by atoms with Crippen LogP contribution in [0.5, 0.6) is 0 Å². The van der Waals surface area contributed by atoms with Crippen molar-refractivity contribution >= 4 is 6.09 Å². The first-order valence-electron chi connectivity index (χ1n) is 7.37. The Labute approximate surface area is 122 Å². The largest absolute Gasteiger partial charge is 0.444 e. The van der Waals surface area contributed by atoms with Gasteiger partial charge in [-0.3, -0.25) is 4.90 Å². The number of amides is 1. The quantitative estimate of drug-likeness (QED) is 0.787. The van der Waals surface area contributed by atoms with Crippen LogP contribution < -0.4 is 11.1 Å². The summed E-state index contributed by atoms with van der Waals surface area (Å²) in [6.45, 7) is 11.0. The van der Waals surface area contributed by atoms with Crippen molar-refractivity contribution in [2.24, 2.45) is 5.73 Å². The number of hydrogen-bond acceptors (Lipinski definition) is 5. The van der Waals surface area contributed by atoms with Crippen LogP contribution in [0.15, 0.2) is 0 Å². The lowest BCUT2D eigenvalue weighted by molar-refractivity contribution is -0.0285. The third-order valence-electron chi connectivity index (χ3n) is 3.37. The molecule has 0 aliphatic carbocycles. The molecule has 6 nitrogen and oxygen atoms in total. The van der Waals surface area contributed by atoms with Gasteiger partial charge in [0.15, 0.2) is 0 Å². The van der Waals surface area contributed by atoms with E-state index in [1.807, 2.05) is 20.8 Å². The van der Waals surface area contributed by atoms with Crippen molar-refractivity contribution in [2.75, 3.05) is 32.8 Å². The molecule has 20 heavy (non-hydrogen) atoms. The highest BCUT2D eigenvalue weighted by molar-refractivity contribution is 5.67. The fourth-order valence-electron chi connectivity index (χ4n) is 2.35. The molecule has 1 saturated heterocycles. The van der Waals surface area contributed by atoms with Crippen molar-refractivity contribution in [1.82, 2.24) is 10.2 Å². The molecule has 0 spiro atoms. The lowest BCUT2D eigenvalue weighted by Crippen LogP contribution is -2.56. The van der Waals surface area contributed by atoms with Crippen LogP contribution in [-0.4, -0.2) is 61.5 Å². The molecular formula is C14H29N3O3. The first-order valence-corrected chi connectivity index (χ1v) is 7.37. The van der Waals surface area contributed by atoms with Crippen LogP contribution in [0.25, 0.3) is 0 Å². The Kier molecular flexibility index (Phi) is 6.71. The van der Waals surface area contributed by atoms with E-state index in [-0.39, 0.29) is 6.04 Å². The zero-order valence-corrected chi connectivity index (χ0v) is 13.1. The standard InChI is InChI=1S/C14H29N3O3/c1-5-11-10-19-7-6-17(11)12(8-15)9-16-13(18)20-14(2,3)4/h11-12H,5-10,15H2,1-4H3,(H,16,18). The van der Waals surface area contributed by atoms with Gasteiger partial charge in [0, 0.05) is 31.7 Å². The summed E-state index contributed by atoms with van der Waals surface area (Å²) in [6.07, 6.45) is 0.625. The Hall–Kier alpha value is -0.850. The summed E-state index contributed by atoms with van der Waals surface area (Å²) < 4.78 is 10.7. The first kappa shape index (κ1) is 17.2. The highest BCUT2D eigenvalue weighted by Gasteiger charge is 2.28. The van der Waals surface area contributed by atoms with Crippen LogP contribution in [0.2, 0.25) is 0 Å². The zero-order chi connectivity index (χ0) is 15.2. The summed E-state index contributed by atoms with van der Waals surface area (Å²) in [5.74, 6) is 0. The minimum Gasteiger partial charge on any atom is -0.444 e. The van der Waals surface area contributed by atoms with Crippen molar-refractivity contribution in [3.05, 3.63) is 0 Å². The number of rotatable bonds is 5. The average molecular weight is 287 g/mol. The molecule has 1 aliphatic heterocycles. The highest BCUT2D eigenvalue weighted by Crippen LogP contribution is 2.13. The van der Waals surface area contributed by atoms with Crippen molar-refractivity contribution in [1.29, 1.82) is 0 Å². The second-order valence-electron chi connectivity index (χ2n) is 6.15. The van der Waals surface area contributed by atoms with Gasteiger partial charge >= 0.3 is 6.09 Å². The molecule has 2 unspecified atom stereocenters. The Morgan fingerprint density at radius 3 is 2.80 bits per heavy atom. The van der Waals surface area contributed by atoms with Crippen molar-refractivity contribution in [2.45, 2.75) is 51.8 Å². The van der Waals surface area contributed by atoms with Crippen LogP contribution in [0.4, 0.5) is 4.79 Å². The summed E-state index contributed by atoms with van der Waals surface area (Å²) in [6, 6.07) is 0.495. The normalized spacial score (nSPS) is 22.4. The molecule has 1 heterocycles. The van der Waals surface area contributed by atoms with E-state index < -0.39 is 11.7 Å². The number of nitrogens with zero attached hydrogens (tertiary/aromatic N) is 1. The van der Waals surface area contributed by atoms with Crippen molar-refractivity contribution in [3.63, 3.8) is 0 Å². The predicted molar refractivity (Wildman–Crippen MR) is 78.7 cm³/mol. The first-order chi connectivity index (χ1) is 9.37. The summed E-state index contributed by atoms with van der Waals surface area (Å²) in [5.41, 5.74) is 5.38. The van der Waals surface area contributed by atoms with Gasteiger partial charge in [-0.15, -0.1) is 0 Å². The minimum absolute atomic E-state index is 0.122. The molecule has 0 aromatic carbocycles. The number of morpholine rings is 1. The van der Waals surface area contributed by atoms with Crippen LogP contribution in [0.3, 0.4) is 0 Å². The lowest BCUT2D eigenvalue weighted by atomic mass is 10.1. The van der Waals surface area contributed by atoms with E-state index in [9.17, 15) is 4.79 Å². The molecule has 1 fully saturated rings. The lowest BCUT2D eigenvalue weighted by Gasteiger charge is -2.40. The van der Waals surface area contributed by atoms with Gasteiger partial charge in [-0.25, -0.2) is 4.79 Å². The molecule has 3 N–H and O–H groups in total. The summed E-state index contributed by atoms with van der Waals surface area (Å²) >= 11 is 0. The molecule has 0 radical (unpaired) electrons. The highest BCUT2D eigenvalue weighted by atomic mass is 16.6. The van der Waals surface area contributed by atoms with E-state index in [0.717, 1.165) is 26.2 Å². The van der Waals surface area contributed by atoms with E-state index in [4.69, 9.17) is 15.2 Å². The molecule has 0 bridgehead atoms. The summed E-state index contributed by atoms with van der Waals surface area (Å²) in [4.78, 5) is 14.0. The van der Waals surface area contributed by atoms with E-state index in [0.29, 0.717) is 19.1 Å². The molecule has 0 aromatic heterocycles. The number of carbonyl (C=O) groups is 1. The second-order valence-corrected chi connectivity index (χ2v) is 6.15. The maximum Gasteiger partial charge on any atom is 0.407 e. The number of nitrogens with one attached hydrogen (secondary N) is 1. The SMILES string of the molecule is CCC1COCCN1C(CN)CNC(=O)OC(C)(C)C. The molecule has 6 heteroatoms. The molecule has 1 aliphatic rings. The Morgan fingerprint density at radius 2 is 2.25 bits per heavy atom. The van der Waals surface area contributed by atoms with Crippen molar-refractivity contribution < 1.29 is 14.3 Å². The molecule has 1 amide bonds. The molecular weight excluding hydrogens is 258 g/mol. The molecule has 1 rings (SSSR count). The van der Waals surface area contributed by atoms with Gasteiger partial charge in [0.25, 0.3) is 0 Å². The van der Waals surface area contributed by atoms with E-state index in [2.05, 4.69) is 17.1 Å². The van der Waals surface area contributed by atoms with Crippen LogP contribution in [-0.2, 0) is 9.47 Å². The van der Waals surface area contributed by atoms with Gasteiger partial charge in [0.2, 0.25) is 0 Å². The Morgan fingerprint density at radius 1 is 1.55 bits per heavy atom. The number of hydrogen-bond donors (Lipinski definition) is 2. The van der Waals surface area contributed by atoms with Gasteiger partial charge in [-0.1, -0.05) is 6.92 Å². The minimum atomic E-state index is -0.479. The topological polar surface area (TPSA) is 76.8 Å². The molecule has 2 atom stereocenters. The van der Waals surface area contributed by atoms with Gasteiger partial charge in [0.1, 0.15) is 5.60 Å². The van der Waals surface area contributed by atoms with E-state index in [1.54, 1.807) is 0 Å². The number of alkyl carbamates (subject to hydrolysis) is 1. The average Bonchev–Trinajstić information content (AvgIpc) is 2.38. The maximum atomic E-state index is 11.7. The third-order valence-corrected chi connectivity index (χ3v) is 3.37. The van der Waals surface area contributed by atoms with Gasteiger partial charge in [-0.05, 0) is 27.2 Å². The van der Waals surface area contributed by atoms with Crippen LogP contribution in [0, 0.1) is 0 Å². The molecule has 118 valence electrons. The fraction of sp³-hybridized carbons (Fsp3) is 0.929. The van der Waals surface area contributed by atoms with Crippen LogP contribution in [0.1, 0.15) is 34.1 Å². The van der Waals surface area contributed by atoms with Gasteiger partial charge in [0.05, 0.1) is 13.2 Å². The molecule has 0 saturated carbocycles. The second kappa shape index (κ2) is 7.81. The number of ether oxygens (including phenoxy) is 2. The monoisotopic (exact) mass is 287 g/mol. The van der Waals surface area contributed by atoms with Crippen LogP contribution >= 0.6 is 0 Å². The van der Waals surface area contributed by atoms with E-state index in [1.165, 1.54) is 0 Å². The zero-order valence-electron chi connectivity index (χ0n) is 13.1. The Bertz CT molecular complexity index is 305. The third kappa shape index (κ3) is 5.64. The van der Waals surface area contributed by atoms with Crippen molar-refractivity contribution in [3.8, 4) is 0 Å². The summed E-state index contributed by atoms with van der Waals surface area (Å²) in [7, 11) is 0. The smallest absolute Gasteiger partial charge is 0.407 e. The predicted octanol–water partition coefficient (Wildman–Crippen LogP) is 0.949. The fourth-order valence-corrected chi connectivity index (χ4v) is 2.35. The number of carbonyl (C=O) groups excluding carboxylic acids is 1. The van der Waals surface area contributed by atoms with Gasteiger partial charge < -0.3 is 20.5 Å². The summed E-state index contributed by atoms with van der Waals surface area (Å²) in [5, 5.41) is 2.81. The van der Waals surface area contributed by atoms with E-state index >= 15 is 0 Å².